The van der Waals surface area contributed by atoms with Crippen molar-refractivity contribution < 1.29 is 17.5 Å². The Morgan fingerprint density at radius 2 is 1.86 bits per heavy atom. The van der Waals surface area contributed by atoms with E-state index in [0.717, 1.165) is 28.7 Å². The van der Waals surface area contributed by atoms with Crippen molar-refractivity contribution in [1.82, 2.24) is 34.0 Å². The maximum atomic E-state index is 13.5. The van der Waals surface area contributed by atoms with Crippen LogP contribution in [0, 0.1) is 11.7 Å². The lowest BCUT2D eigenvalue weighted by Crippen LogP contribution is -2.51. The van der Waals surface area contributed by atoms with Crippen molar-refractivity contribution in [3.63, 3.8) is 0 Å². The zero-order valence-corrected chi connectivity index (χ0v) is 22.1. The van der Waals surface area contributed by atoms with Crippen LogP contribution in [0.25, 0.3) is 16.6 Å². The van der Waals surface area contributed by atoms with E-state index in [4.69, 9.17) is 4.74 Å². The summed E-state index contributed by atoms with van der Waals surface area (Å²) in [5, 5.41) is 13.3. The van der Waals surface area contributed by atoms with Gasteiger partial charge in [-0.1, -0.05) is 13.8 Å². The third-order valence-electron chi connectivity index (χ3n) is 6.59. The molecule has 5 rings (SSSR count). The number of rotatable bonds is 7. The van der Waals surface area contributed by atoms with Crippen LogP contribution >= 0.6 is 0 Å². The molecule has 1 atom stereocenters. The lowest BCUT2D eigenvalue weighted by atomic mass is 9.99. The van der Waals surface area contributed by atoms with Crippen molar-refractivity contribution in [1.29, 1.82) is 0 Å². The van der Waals surface area contributed by atoms with Gasteiger partial charge in [0, 0.05) is 50.2 Å². The summed E-state index contributed by atoms with van der Waals surface area (Å²) in [6.45, 7) is 6.27. The van der Waals surface area contributed by atoms with E-state index in [0.29, 0.717) is 24.8 Å². The molecule has 10 nitrogen and oxygen atoms in total. The van der Waals surface area contributed by atoms with Crippen molar-refractivity contribution in [2.45, 2.75) is 24.9 Å². The van der Waals surface area contributed by atoms with Gasteiger partial charge in [0.25, 0.3) is 10.0 Å². The van der Waals surface area contributed by atoms with Crippen molar-refractivity contribution in [2.75, 3.05) is 33.3 Å². The van der Waals surface area contributed by atoms with Gasteiger partial charge in [-0.3, -0.25) is 4.90 Å². The molecule has 2 aromatic carbocycles. The van der Waals surface area contributed by atoms with Gasteiger partial charge in [-0.05, 0) is 36.2 Å². The van der Waals surface area contributed by atoms with Crippen LogP contribution in [0.1, 0.15) is 25.5 Å². The second-order valence-electron chi connectivity index (χ2n) is 9.63. The highest BCUT2D eigenvalue weighted by Crippen LogP contribution is 2.37. The maximum absolute atomic E-state index is 13.5. The van der Waals surface area contributed by atoms with E-state index in [2.05, 4.69) is 34.0 Å². The molecule has 2 aromatic heterocycles. The van der Waals surface area contributed by atoms with Crippen LogP contribution in [0.2, 0.25) is 0 Å². The Hall–Kier alpha value is -3.35. The Kier molecular flexibility index (Phi) is 6.73. The monoisotopic (exact) mass is 527 g/mol. The third-order valence-corrected chi connectivity index (χ3v) is 8.31. The molecule has 1 aliphatic heterocycles. The molecule has 0 bridgehead atoms. The van der Waals surface area contributed by atoms with E-state index in [-0.39, 0.29) is 23.4 Å². The maximum Gasteiger partial charge on any atom is 0.264 e. The van der Waals surface area contributed by atoms with Crippen LogP contribution in [-0.2, 0) is 17.1 Å². The highest BCUT2D eigenvalue weighted by atomic mass is 32.2. The lowest BCUT2D eigenvalue weighted by Gasteiger charge is -2.41. The highest BCUT2D eigenvalue weighted by molar-refractivity contribution is 7.89. The molecule has 1 unspecified atom stereocenters. The molecule has 3 heterocycles. The number of halogens is 1. The van der Waals surface area contributed by atoms with Crippen molar-refractivity contribution >= 4 is 20.9 Å². The summed E-state index contributed by atoms with van der Waals surface area (Å²) in [6.07, 6.45) is 3.03. The van der Waals surface area contributed by atoms with E-state index in [1.807, 2.05) is 12.1 Å². The quantitative estimate of drug-likeness (QED) is 0.364. The average Bonchev–Trinajstić information content (AvgIpc) is 3.50. The summed E-state index contributed by atoms with van der Waals surface area (Å²) >= 11 is 0. The first-order valence-electron chi connectivity index (χ1n) is 12.1. The number of nitrogens with zero attached hydrogens (tertiary/aromatic N) is 7. The Labute approximate surface area is 215 Å². The van der Waals surface area contributed by atoms with Crippen molar-refractivity contribution in [3.05, 3.63) is 60.2 Å². The van der Waals surface area contributed by atoms with E-state index < -0.39 is 10.0 Å². The first-order valence-corrected chi connectivity index (χ1v) is 13.5. The van der Waals surface area contributed by atoms with Gasteiger partial charge >= 0.3 is 0 Å². The summed E-state index contributed by atoms with van der Waals surface area (Å²) < 4.78 is 49.3. The highest BCUT2D eigenvalue weighted by Gasteiger charge is 2.37. The number of piperazine rings is 1. The number of benzene rings is 2. The second-order valence-corrected chi connectivity index (χ2v) is 11.5. The standard InChI is InChI=1S/C25H30FN7O3S/c1-17(2)15-31-9-10-32(37(34,35)25-14-27-30(3)29-25)16-23(31)21-11-18-13-28-33(22(18)12-24(21)36-4)20-7-5-19(26)6-8-20/h5-8,11-14,17,23H,9-10,15-16H2,1-4H3. The van der Waals surface area contributed by atoms with Crippen LogP contribution < -0.4 is 4.74 Å². The van der Waals surface area contributed by atoms with Gasteiger partial charge < -0.3 is 4.74 Å². The van der Waals surface area contributed by atoms with Gasteiger partial charge in [0.1, 0.15) is 11.6 Å². The molecule has 1 fully saturated rings. The van der Waals surface area contributed by atoms with Gasteiger partial charge in [-0.2, -0.15) is 19.3 Å². The van der Waals surface area contributed by atoms with E-state index in [1.54, 1.807) is 37.2 Å². The summed E-state index contributed by atoms with van der Waals surface area (Å²) in [5.41, 5.74) is 2.42. The van der Waals surface area contributed by atoms with Crippen LogP contribution in [0.15, 0.2) is 53.8 Å². The lowest BCUT2D eigenvalue weighted by molar-refractivity contribution is 0.103. The molecular weight excluding hydrogens is 497 g/mol. The zero-order valence-electron chi connectivity index (χ0n) is 21.2. The molecule has 0 aliphatic carbocycles. The largest absolute Gasteiger partial charge is 0.496 e. The molecule has 0 radical (unpaired) electrons. The molecule has 12 heteroatoms. The zero-order chi connectivity index (χ0) is 26.3. The minimum absolute atomic E-state index is 0.0611. The second kappa shape index (κ2) is 9.84. The number of aryl methyl sites for hydroxylation is 1. The molecule has 0 spiro atoms. The topological polar surface area (TPSA) is 98.4 Å². The fourth-order valence-electron chi connectivity index (χ4n) is 4.87. The van der Waals surface area contributed by atoms with E-state index in [1.165, 1.54) is 27.4 Å². The smallest absolute Gasteiger partial charge is 0.264 e. The number of ether oxygens (including phenoxy) is 1. The molecule has 196 valence electrons. The van der Waals surface area contributed by atoms with Gasteiger partial charge in [-0.15, -0.1) is 5.10 Å². The molecule has 1 saturated heterocycles. The number of hydrogen-bond donors (Lipinski definition) is 0. The molecule has 0 amide bonds. The molecule has 0 saturated carbocycles. The SMILES string of the molecule is COc1cc2c(cnn2-c2ccc(F)cc2)cc1C1CN(S(=O)(=O)c2cnn(C)n2)CCN1CC(C)C. The van der Waals surface area contributed by atoms with Crippen molar-refractivity contribution in [2.24, 2.45) is 13.0 Å². The number of methoxy groups -OCH3 is 1. The van der Waals surface area contributed by atoms with Crippen LogP contribution in [0.3, 0.4) is 0 Å². The Morgan fingerprint density at radius 3 is 2.51 bits per heavy atom. The Balaban J connectivity index is 1.56. The van der Waals surface area contributed by atoms with Crippen LogP contribution in [-0.4, -0.2) is 75.7 Å². The van der Waals surface area contributed by atoms with Gasteiger partial charge in [0.2, 0.25) is 5.03 Å². The van der Waals surface area contributed by atoms with Crippen LogP contribution in [0.4, 0.5) is 4.39 Å². The van der Waals surface area contributed by atoms with Gasteiger partial charge in [0.05, 0.1) is 36.7 Å². The van der Waals surface area contributed by atoms with Gasteiger partial charge in [-0.25, -0.2) is 17.5 Å². The number of sulfonamides is 1. The molecule has 37 heavy (non-hydrogen) atoms. The summed E-state index contributed by atoms with van der Waals surface area (Å²) in [7, 11) is -0.611. The van der Waals surface area contributed by atoms with Gasteiger partial charge in [0.15, 0.2) is 0 Å². The minimum Gasteiger partial charge on any atom is -0.496 e. The normalized spacial score (nSPS) is 17.6. The first-order chi connectivity index (χ1) is 17.7. The molecular formula is C25H30FN7O3S. The third kappa shape index (κ3) is 4.83. The predicted octanol–water partition coefficient (Wildman–Crippen LogP) is 3.01. The van der Waals surface area contributed by atoms with Crippen molar-refractivity contribution in [3.8, 4) is 11.4 Å². The Morgan fingerprint density at radius 1 is 1.11 bits per heavy atom. The van der Waals surface area contributed by atoms with E-state index in [9.17, 15) is 12.8 Å². The fraction of sp³-hybridized carbons (Fsp3) is 0.400. The summed E-state index contributed by atoms with van der Waals surface area (Å²) in [4.78, 5) is 3.55. The number of aromatic nitrogens is 5. The molecule has 1 aliphatic rings. The minimum atomic E-state index is -3.81. The number of hydrogen-bond acceptors (Lipinski definition) is 7. The fourth-order valence-corrected chi connectivity index (χ4v) is 6.20. The first kappa shape index (κ1) is 25.3. The summed E-state index contributed by atoms with van der Waals surface area (Å²) in [5.74, 6) is 0.707. The van der Waals surface area contributed by atoms with E-state index >= 15 is 0 Å². The van der Waals surface area contributed by atoms with Crippen LogP contribution in [0.5, 0.6) is 5.75 Å². The summed E-state index contributed by atoms with van der Waals surface area (Å²) in [6, 6.07) is 9.81. The number of fused-ring (bicyclic) bond motifs is 1. The Bertz CT molecular complexity index is 1520. The predicted molar refractivity (Wildman–Crippen MR) is 136 cm³/mol. The average molecular weight is 528 g/mol. The molecule has 0 N–H and O–H groups in total. The molecule has 4 aromatic rings.